The van der Waals surface area contributed by atoms with Gasteiger partial charge in [0.15, 0.2) is 0 Å². The molecule has 0 aliphatic heterocycles. The van der Waals surface area contributed by atoms with E-state index in [4.69, 9.17) is 0 Å². The molecule has 0 heterocycles. The molecule has 0 unspecified atom stereocenters. The van der Waals surface area contributed by atoms with Gasteiger partial charge >= 0.3 is 5.97 Å². The molecule has 28 heavy (non-hydrogen) atoms. The number of rotatable bonds is 10. The van der Waals surface area contributed by atoms with Gasteiger partial charge in [0.25, 0.3) is 0 Å². The lowest BCUT2D eigenvalue weighted by atomic mass is 10.0. The van der Waals surface area contributed by atoms with E-state index < -0.39 is 12.0 Å². The third kappa shape index (κ3) is 6.07. The Hall–Kier alpha value is -2.91. The molecule has 0 fully saturated rings. The summed E-state index contributed by atoms with van der Waals surface area (Å²) in [5.41, 5.74) is 3.52. The van der Waals surface area contributed by atoms with E-state index in [1.165, 1.54) is 5.56 Å². The van der Waals surface area contributed by atoms with Crippen LogP contribution in [0.25, 0.3) is 0 Å². The van der Waals surface area contributed by atoms with Gasteiger partial charge in [0.05, 0.1) is 0 Å². The molecule has 3 rings (SSSR count). The Balaban J connectivity index is 1.72. The minimum absolute atomic E-state index is 0.510. The van der Waals surface area contributed by atoms with Gasteiger partial charge in [-0.3, -0.25) is 9.69 Å². The van der Waals surface area contributed by atoms with Crippen LogP contribution in [0.1, 0.15) is 29.5 Å². The van der Waals surface area contributed by atoms with Gasteiger partial charge in [0.2, 0.25) is 0 Å². The average molecular weight is 373 g/mol. The van der Waals surface area contributed by atoms with Crippen molar-refractivity contribution < 1.29 is 9.90 Å². The largest absolute Gasteiger partial charge is 0.480 e. The molecule has 3 nitrogen and oxygen atoms in total. The zero-order chi connectivity index (χ0) is 19.6. The fourth-order valence-electron chi connectivity index (χ4n) is 3.52. The Labute approximate surface area is 167 Å². The summed E-state index contributed by atoms with van der Waals surface area (Å²) in [6.45, 7) is 1.25. The molecular formula is C25H27NO2. The van der Waals surface area contributed by atoms with Crippen LogP contribution in [-0.4, -0.2) is 22.0 Å². The van der Waals surface area contributed by atoms with Crippen molar-refractivity contribution in [1.82, 2.24) is 4.90 Å². The fraction of sp³-hybridized carbons (Fsp3) is 0.240. The second kappa shape index (κ2) is 10.4. The zero-order valence-electron chi connectivity index (χ0n) is 16.1. The number of aryl methyl sites for hydroxylation is 1. The second-order valence-electron chi connectivity index (χ2n) is 7.11. The van der Waals surface area contributed by atoms with E-state index in [1.807, 2.05) is 54.6 Å². The van der Waals surface area contributed by atoms with Gasteiger partial charge in [-0.25, -0.2) is 0 Å². The number of aliphatic carboxylic acids is 1. The van der Waals surface area contributed by atoms with Crippen LogP contribution in [0.5, 0.6) is 0 Å². The van der Waals surface area contributed by atoms with Crippen LogP contribution in [0.3, 0.4) is 0 Å². The van der Waals surface area contributed by atoms with Crippen LogP contribution in [0, 0.1) is 0 Å². The third-order valence-electron chi connectivity index (χ3n) is 4.97. The highest BCUT2D eigenvalue weighted by molar-refractivity contribution is 5.73. The Morgan fingerprint density at radius 2 is 1.14 bits per heavy atom. The molecule has 1 N–H and O–H groups in total. The molecule has 1 atom stereocenters. The van der Waals surface area contributed by atoms with Crippen LogP contribution < -0.4 is 0 Å². The van der Waals surface area contributed by atoms with Crippen LogP contribution >= 0.6 is 0 Å². The van der Waals surface area contributed by atoms with Crippen molar-refractivity contribution in [3.05, 3.63) is 108 Å². The summed E-state index contributed by atoms with van der Waals surface area (Å²) in [5, 5.41) is 9.96. The Bertz CT molecular complexity index is 793. The number of nitrogens with zero attached hydrogens (tertiary/aromatic N) is 1. The Kier molecular flexibility index (Phi) is 7.39. The SMILES string of the molecule is O=C(O)[C@H](CCCc1ccccc1)N(Cc1ccccc1)Cc1ccccc1. The van der Waals surface area contributed by atoms with Crippen molar-refractivity contribution in [2.24, 2.45) is 0 Å². The predicted molar refractivity (Wildman–Crippen MR) is 113 cm³/mol. The van der Waals surface area contributed by atoms with Gasteiger partial charge in [-0.05, 0) is 36.0 Å². The fourth-order valence-corrected chi connectivity index (χ4v) is 3.52. The maximum absolute atomic E-state index is 12.1. The average Bonchev–Trinajstić information content (AvgIpc) is 2.73. The maximum atomic E-state index is 12.1. The van der Waals surface area contributed by atoms with Crippen molar-refractivity contribution in [3.63, 3.8) is 0 Å². The van der Waals surface area contributed by atoms with E-state index in [-0.39, 0.29) is 0 Å². The van der Waals surface area contributed by atoms with Gasteiger partial charge in [-0.2, -0.15) is 0 Å². The Morgan fingerprint density at radius 3 is 1.57 bits per heavy atom. The van der Waals surface area contributed by atoms with Crippen molar-refractivity contribution in [2.45, 2.75) is 38.4 Å². The molecular weight excluding hydrogens is 346 g/mol. The predicted octanol–water partition coefficient (Wildman–Crippen LogP) is 5.16. The highest BCUT2D eigenvalue weighted by Crippen LogP contribution is 2.18. The number of carboxylic acids is 1. The number of carbonyl (C=O) groups is 1. The highest BCUT2D eigenvalue weighted by atomic mass is 16.4. The summed E-state index contributed by atoms with van der Waals surface area (Å²) in [6, 6.07) is 30.0. The molecule has 0 aliphatic rings. The number of benzene rings is 3. The monoisotopic (exact) mass is 373 g/mol. The summed E-state index contributed by atoms with van der Waals surface area (Å²) in [6.07, 6.45) is 2.38. The first-order valence-electron chi connectivity index (χ1n) is 9.81. The van der Waals surface area contributed by atoms with E-state index in [0.717, 1.165) is 24.0 Å². The van der Waals surface area contributed by atoms with Crippen LogP contribution in [0.4, 0.5) is 0 Å². The van der Waals surface area contributed by atoms with Crippen molar-refractivity contribution >= 4 is 5.97 Å². The lowest BCUT2D eigenvalue weighted by Crippen LogP contribution is -2.40. The van der Waals surface area contributed by atoms with Crippen molar-refractivity contribution in [1.29, 1.82) is 0 Å². The van der Waals surface area contributed by atoms with E-state index >= 15 is 0 Å². The molecule has 0 radical (unpaired) electrons. The van der Waals surface area contributed by atoms with E-state index in [1.54, 1.807) is 0 Å². The molecule has 3 aromatic carbocycles. The minimum atomic E-state index is -0.750. The lowest BCUT2D eigenvalue weighted by Gasteiger charge is -2.29. The van der Waals surface area contributed by atoms with Gasteiger partial charge in [0, 0.05) is 13.1 Å². The standard InChI is InChI=1S/C25H27NO2/c27-25(28)24(18-10-17-21-11-4-1-5-12-21)26(19-22-13-6-2-7-14-22)20-23-15-8-3-9-16-23/h1-9,11-16,24H,10,17-20H2,(H,27,28)/t24-/m0/s1. The number of hydrogen-bond acceptors (Lipinski definition) is 2. The first-order chi connectivity index (χ1) is 13.7. The smallest absolute Gasteiger partial charge is 0.320 e. The topological polar surface area (TPSA) is 40.5 Å². The number of carboxylic acid groups (broad SMARTS) is 1. The molecule has 0 aliphatic carbocycles. The normalized spacial score (nSPS) is 12.0. The Morgan fingerprint density at radius 1 is 0.714 bits per heavy atom. The first kappa shape index (κ1) is 19.8. The van der Waals surface area contributed by atoms with E-state index in [2.05, 4.69) is 41.3 Å². The molecule has 3 heteroatoms. The quantitative estimate of drug-likeness (QED) is 0.533. The van der Waals surface area contributed by atoms with Crippen molar-refractivity contribution in [3.8, 4) is 0 Å². The lowest BCUT2D eigenvalue weighted by molar-refractivity contribution is -0.144. The third-order valence-corrected chi connectivity index (χ3v) is 4.97. The molecule has 0 amide bonds. The van der Waals surface area contributed by atoms with Gasteiger partial charge in [-0.1, -0.05) is 91.0 Å². The zero-order valence-corrected chi connectivity index (χ0v) is 16.1. The second-order valence-corrected chi connectivity index (χ2v) is 7.11. The summed E-state index contributed by atoms with van der Waals surface area (Å²) < 4.78 is 0. The minimum Gasteiger partial charge on any atom is -0.480 e. The molecule has 0 aromatic heterocycles. The molecule has 0 bridgehead atoms. The summed E-state index contributed by atoms with van der Waals surface area (Å²) >= 11 is 0. The molecule has 0 spiro atoms. The summed E-state index contributed by atoms with van der Waals surface area (Å²) in [7, 11) is 0. The van der Waals surface area contributed by atoms with Crippen LogP contribution in [0.2, 0.25) is 0 Å². The highest BCUT2D eigenvalue weighted by Gasteiger charge is 2.25. The molecule has 3 aromatic rings. The number of hydrogen-bond donors (Lipinski definition) is 1. The molecule has 0 saturated heterocycles. The van der Waals surface area contributed by atoms with Gasteiger partial charge in [0.1, 0.15) is 6.04 Å². The summed E-state index contributed by atoms with van der Waals surface area (Å²) in [5.74, 6) is -0.750. The van der Waals surface area contributed by atoms with Gasteiger partial charge < -0.3 is 5.11 Å². The van der Waals surface area contributed by atoms with Crippen LogP contribution in [-0.2, 0) is 24.3 Å². The van der Waals surface area contributed by atoms with Gasteiger partial charge in [-0.15, -0.1) is 0 Å². The maximum Gasteiger partial charge on any atom is 0.320 e. The van der Waals surface area contributed by atoms with E-state index in [0.29, 0.717) is 19.5 Å². The van der Waals surface area contributed by atoms with E-state index in [9.17, 15) is 9.90 Å². The summed E-state index contributed by atoms with van der Waals surface area (Å²) in [4.78, 5) is 14.2. The molecule has 0 saturated carbocycles. The van der Waals surface area contributed by atoms with Crippen molar-refractivity contribution in [2.75, 3.05) is 0 Å². The van der Waals surface area contributed by atoms with Crippen LogP contribution in [0.15, 0.2) is 91.0 Å². The molecule has 144 valence electrons. The first-order valence-corrected chi connectivity index (χ1v) is 9.81.